The fourth-order valence-corrected chi connectivity index (χ4v) is 0.921. The summed E-state index contributed by atoms with van der Waals surface area (Å²) in [6.45, 7) is 1.44. The van der Waals surface area contributed by atoms with Crippen LogP contribution in [0.1, 0.15) is 6.92 Å². The number of benzene rings is 1. The van der Waals surface area contributed by atoms with Gasteiger partial charge in [-0.15, -0.1) is 0 Å². The van der Waals surface area contributed by atoms with E-state index in [1.807, 2.05) is 0 Å². The fourth-order valence-electron chi connectivity index (χ4n) is 0.921. The highest BCUT2D eigenvalue weighted by molar-refractivity contribution is 5.89. The van der Waals surface area contributed by atoms with E-state index in [9.17, 15) is 9.59 Å². The maximum Gasteiger partial charge on any atom is 0.221 e. The van der Waals surface area contributed by atoms with Crippen LogP contribution in [0, 0.1) is 0 Å². The summed E-state index contributed by atoms with van der Waals surface area (Å²) >= 11 is 0. The van der Waals surface area contributed by atoms with Gasteiger partial charge in [0.15, 0.2) is 0 Å². The predicted molar refractivity (Wildman–Crippen MR) is 50.4 cm³/mol. The normalized spacial score (nSPS) is 9.00. The van der Waals surface area contributed by atoms with Gasteiger partial charge in [0.1, 0.15) is 0 Å². The quantitative estimate of drug-likeness (QED) is 0.683. The third-order valence-electron chi connectivity index (χ3n) is 1.43. The molecule has 1 rings (SSSR count). The maximum atomic E-state index is 10.6. The van der Waals surface area contributed by atoms with Crippen LogP contribution in [0.3, 0.4) is 0 Å². The van der Waals surface area contributed by atoms with Gasteiger partial charge in [-0.05, 0) is 24.3 Å². The van der Waals surface area contributed by atoms with Crippen LogP contribution < -0.4 is 10.6 Å². The predicted octanol–water partition coefficient (Wildman–Crippen LogP) is 1.21. The molecule has 0 bridgehead atoms. The van der Waals surface area contributed by atoms with Crippen molar-refractivity contribution in [2.24, 2.45) is 0 Å². The van der Waals surface area contributed by atoms with E-state index in [0.717, 1.165) is 0 Å². The third-order valence-corrected chi connectivity index (χ3v) is 1.43. The molecule has 0 atom stereocenters. The third kappa shape index (κ3) is 2.94. The van der Waals surface area contributed by atoms with Gasteiger partial charge in [0.25, 0.3) is 0 Å². The molecule has 13 heavy (non-hydrogen) atoms. The molecule has 0 saturated carbocycles. The number of rotatable bonds is 3. The standard InChI is InChI=1S/C9H10N2O2/c1-7(13)11-9-4-2-8(3-5-9)10-6-12/h2-6H,1H3,(H,10,12)(H,11,13). The molecule has 2 amide bonds. The van der Waals surface area contributed by atoms with E-state index in [4.69, 9.17) is 0 Å². The Morgan fingerprint density at radius 3 is 2.23 bits per heavy atom. The van der Waals surface area contributed by atoms with Crippen LogP contribution in [0.2, 0.25) is 0 Å². The highest BCUT2D eigenvalue weighted by Crippen LogP contribution is 2.12. The van der Waals surface area contributed by atoms with Crippen LogP contribution in [0.4, 0.5) is 11.4 Å². The minimum absolute atomic E-state index is 0.115. The molecule has 0 saturated heterocycles. The van der Waals surface area contributed by atoms with Crippen LogP contribution in [0.15, 0.2) is 24.3 Å². The highest BCUT2D eigenvalue weighted by Gasteiger charge is 1.94. The number of carbonyl (C=O) groups is 2. The van der Waals surface area contributed by atoms with Crippen LogP contribution in [0.5, 0.6) is 0 Å². The Morgan fingerprint density at radius 1 is 1.23 bits per heavy atom. The van der Waals surface area contributed by atoms with E-state index in [1.54, 1.807) is 24.3 Å². The van der Waals surface area contributed by atoms with Crippen molar-refractivity contribution in [3.63, 3.8) is 0 Å². The monoisotopic (exact) mass is 178 g/mol. The molecule has 0 aromatic heterocycles. The summed E-state index contributed by atoms with van der Waals surface area (Å²) in [5.74, 6) is -0.115. The molecule has 0 fully saturated rings. The van der Waals surface area contributed by atoms with Crippen molar-refractivity contribution in [2.45, 2.75) is 6.92 Å². The lowest BCUT2D eigenvalue weighted by molar-refractivity contribution is -0.114. The Balaban J connectivity index is 2.69. The second kappa shape index (κ2) is 4.25. The Morgan fingerprint density at radius 2 is 1.77 bits per heavy atom. The number of carbonyl (C=O) groups excluding carboxylic acids is 2. The molecule has 0 unspecified atom stereocenters. The van der Waals surface area contributed by atoms with Gasteiger partial charge >= 0.3 is 0 Å². The summed E-state index contributed by atoms with van der Waals surface area (Å²) in [7, 11) is 0. The summed E-state index contributed by atoms with van der Waals surface area (Å²) in [5, 5.41) is 5.11. The molecule has 68 valence electrons. The summed E-state index contributed by atoms with van der Waals surface area (Å²) in [4.78, 5) is 20.7. The van der Waals surface area contributed by atoms with Gasteiger partial charge in [0.05, 0.1) is 0 Å². The first kappa shape index (κ1) is 9.25. The second-order valence-corrected chi connectivity index (χ2v) is 2.52. The number of hydrogen-bond acceptors (Lipinski definition) is 2. The van der Waals surface area contributed by atoms with E-state index >= 15 is 0 Å². The van der Waals surface area contributed by atoms with Crippen molar-refractivity contribution in [1.82, 2.24) is 0 Å². The Hall–Kier alpha value is -1.84. The molecule has 0 heterocycles. The fraction of sp³-hybridized carbons (Fsp3) is 0.111. The SMILES string of the molecule is CC(=O)Nc1ccc(NC=O)cc1. The van der Waals surface area contributed by atoms with E-state index in [1.165, 1.54) is 6.92 Å². The van der Waals surface area contributed by atoms with Gasteiger partial charge in [-0.3, -0.25) is 9.59 Å². The first-order chi connectivity index (χ1) is 6.22. The van der Waals surface area contributed by atoms with E-state index < -0.39 is 0 Å². The molecular weight excluding hydrogens is 168 g/mol. The maximum absolute atomic E-state index is 10.6. The first-order valence-electron chi connectivity index (χ1n) is 3.80. The summed E-state index contributed by atoms with van der Waals surface area (Å²) < 4.78 is 0. The van der Waals surface area contributed by atoms with Crippen molar-refractivity contribution in [1.29, 1.82) is 0 Å². The van der Waals surface area contributed by atoms with E-state index in [0.29, 0.717) is 17.8 Å². The number of amides is 2. The zero-order valence-electron chi connectivity index (χ0n) is 7.20. The van der Waals surface area contributed by atoms with Gasteiger partial charge in [-0.25, -0.2) is 0 Å². The van der Waals surface area contributed by atoms with Crippen molar-refractivity contribution >= 4 is 23.7 Å². The van der Waals surface area contributed by atoms with Crippen molar-refractivity contribution in [3.05, 3.63) is 24.3 Å². The largest absolute Gasteiger partial charge is 0.329 e. The van der Waals surface area contributed by atoms with Crippen molar-refractivity contribution in [3.8, 4) is 0 Å². The van der Waals surface area contributed by atoms with Crippen molar-refractivity contribution < 1.29 is 9.59 Å². The van der Waals surface area contributed by atoms with Gasteiger partial charge in [-0.1, -0.05) is 0 Å². The van der Waals surface area contributed by atoms with Gasteiger partial charge < -0.3 is 10.6 Å². The van der Waals surface area contributed by atoms with Crippen LogP contribution in [-0.4, -0.2) is 12.3 Å². The molecule has 0 aliphatic rings. The summed E-state index contributed by atoms with van der Waals surface area (Å²) in [6, 6.07) is 6.85. The Labute approximate surface area is 75.9 Å². The lowest BCUT2D eigenvalue weighted by Crippen LogP contribution is -2.05. The average Bonchev–Trinajstić information content (AvgIpc) is 2.08. The van der Waals surface area contributed by atoms with Gasteiger partial charge in [0.2, 0.25) is 12.3 Å². The second-order valence-electron chi connectivity index (χ2n) is 2.52. The minimum atomic E-state index is -0.115. The molecule has 0 aliphatic carbocycles. The number of hydrogen-bond donors (Lipinski definition) is 2. The molecular formula is C9H10N2O2. The lowest BCUT2D eigenvalue weighted by atomic mass is 10.3. The average molecular weight is 178 g/mol. The Kier molecular flexibility index (Phi) is 3.03. The molecule has 0 radical (unpaired) electrons. The van der Waals surface area contributed by atoms with Gasteiger partial charge in [-0.2, -0.15) is 0 Å². The molecule has 0 aliphatic heterocycles. The zero-order valence-corrected chi connectivity index (χ0v) is 7.20. The Bertz CT molecular complexity index is 306. The minimum Gasteiger partial charge on any atom is -0.329 e. The topological polar surface area (TPSA) is 58.2 Å². The lowest BCUT2D eigenvalue weighted by Gasteiger charge is -2.02. The van der Waals surface area contributed by atoms with E-state index in [2.05, 4.69) is 10.6 Å². The molecule has 1 aromatic rings. The summed E-state index contributed by atoms with van der Waals surface area (Å²) in [6.07, 6.45) is 0.605. The van der Waals surface area contributed by atoms with Crippen LogP contribution >= 0.6 is 0 Å². The van der Waals surface area contributed by atoms with Crippen LogP contribution in [-0.2, 0) is 9.59 Å². The molecule has 4 nitrogen and oxygen atoms in total. The highest BCUT2D eigenvalue weighted by atomic mass is 16.1. The van der Waals surface area contributed by atoms with Crippen molar-refractivity contribution in [2.75, 3.05) is 10.6 Å². The van der Waals surface area contributed by atoms with E-state index in [-0.39, 0.29) is 5.91 Å². The molecule has 1 aromatic carbocycles. The van der Waals surface area contributed by atoms with Gasteiger partial charge in [0, 0.05) is 18.3 Å². The van der Waals surface area contributed by atoms with Crippen LogP contribution in [0.25, 0.3) is 0 Å². The smallest absolute Gasteiger partial charge is 0.221 e. The first-order valence-corrected chi connectivity index (χ1v) is 3.80. The number of anilines is 2. The molecule has 2 N–H and O–H groups in total. The summed E-state index contributed by atoms with van der Waals surface area (Å²) in [5.41, 5.74) is 1.41. The molecule has 4 heteroatoms. The zero-order chi connectivity index (χ0) is 9.68. The number of nitrogens with one attached hydrogen (secondary N) is 2. The molecule has 0 spiro atoms.